The molecule has 9 heteroatoms. The number of hydrogen-bond acceptors (Lipinski definition) is 6. The van der Waals surface area contributed by atoms with Gasteiger partial charge in [-0.3, -0.25) is 4.90 Å². The van der Waals surface area contributed by atoms with Crippen LogP contribution in [0.2, 0.25) is 5.15 Å². The van der Waals surface area contributed by atoms with Gasteiger partial charge < -0.3 is 10.6 Å². The molecule has 0 radical (unpaired) electrons. The lowest BCUT2D eigenvalue weighted by Gasteiger charge is -2.33. The summed E-state index contributed by atoms with van der Waals surface area (Å²) in [5.74, 6) is 1.21. The van der Waals surface area contributed by atoms with Crippen LogP contribution in [0.15, 0.2) is 6.20 Å². The third-order valence-corrected chi connectivity index (χ3v) is 6.86. The molecule has 3 aliphatic heterocycles. The van der Waals surface area contributed by atoms with Crippen LogP contribution in [0.1, 0.15) is 44.9 Å². The Morgan fingerprint density at radius 3 is 2.74 bits per heavy atom. The fraction of sp³-hybridized carbons (Fsp3) is 0.682. The Balaban J connectivity index is 0.000000212. The molecule has 170 valence electrons. The number of fused-ring (bicyclic) bond motifs is 2. The standard InChI is InChI=1S/C15H19ClFN5.C7H12FN/c1-2-11-20-13-10(7-19-14(16)12(13)17)15(21-11)22-5-3-4-9(6-18)8-22;8-6-4-7-2-1-3-9(7)5-6/h7,9H,2-6,8,18H2,1H3;6-7H,1-5H2. The number of pyridine rings is 1. The average Bonchev–Trinajstić information content (AvgIpc) is 3.37. The second-order valence-corrected chi connectivity index (χ2v) is 9.11. The first-order valence-corrected chi connectivity index (χ1v) is 11.7. The highest BCUT2D eigenvalue weighted by atomic mass is 35.5. The lowest BCUT2D eigenvalue weighted by Crippen LogP contribution is -2.39. The summed E-state index contributed by atoms with van der Waals surface area (Å²) < 4.78 is 26.9. The highest BCUT2D eigenvalue weighted by molar-refractivity contribution is 6.30. The minimum atomic E-state index is -0.579. The van der Waals surface area contributed by atoms with E-state index in [1.165, 1.54) is 12.8 Å². The number of hydrogen-bond donors (Lipinski definition) is 1. The van der Waals surface area contributed by atoms with E-state index in [0.717, 1.165) is 44.7 Å². The Morgan fingerprint density at radius 2 is 2.00 bits per heavy atom. The Morgan fingerprint density at radius 1 is 1.19 bits per heavy atom. The number of piperidine rings is 1. The summed E-state index contributed by atoms with van der Waals surface area (Å²) >= 11 is 5.79. The second-order valence-electron chi connectivity index (χ2n) is 8.76. The summed E-state index contributed by atoms with van der Waals surface area (Å²) in [5, 5.41) is 0.453. The van der Waals surface area contributed by atoms with E-state index >= 15 is 0 Å². The highest BCUT2D eigenvalue weighted by Crippen LogP contribution is 2.31. The van der Waals surface area contributed by atoms with Crippen molar-refractivity contribution in [1.82, 2.24) is 19.9 Å². The fourth-order valence-electron chi connectivity index (χ4n) is 4.94. The van der Waals surface area contributed by atoms with Crippen LogP contribution < -0.4 is 10.6 Å². The largest absolute Gasteiger partial charge is 0.356 e. The van der Waals surface area contributed by atoms with Crippen LogP contribution in [0.25, 0.3) is 10.9 Å². The number of halogens is 3. The zero-order valence-corrected chi connectivity index (χ0v) is 18.8. The third kappa shape index (κ3) is 4.91. The summed E-state index contributed by atoms with van der Waals surface area (Å²) in [6.45, 7) is 6.17. The van der Waals surface area contributed by atoms with Crippen LogP contribution in [0, 0.1) is 11.7 Å². The van der Waals surface area contributed by atoms with Gasteiger partial charge in [0, 0.05) is 38.3 Å². The number of aryl methyl sites for hydroxylation is 1. The zero-order valence-electron chi connectivity index (χ0n) is 18.0. The molecule has 5 rings (SSSR count). The second kappa shape index (κ2) is 9.88. The van der Waals surface area contributed by atoms with Gasteiger partial charge in [0.1, 0.15) is 23.3 Å². The summed E-state index contributed by atoms with van der Waals surface area (Å²) in [4.78, 5) is 17.3. The van der Waals surface area contributed by atoms with Gasteiger partial charge in [-0.25, -0.2) is 23.7 Å². The molecule has 31 heavy (non-hydrogen) atoms. The molecule has 2 aromatic heterocycles. The number of alkyl halides is 1. The van der Waals surface area contributed by atoms with E-state index < -0.39 is 12.0 Å². The van der Waals surface area contributed by atoms with Crippen LogP contribution in [0.3, 0.4) is 0 Å². The molecule has 3 aliphatic rings. The molecule has 2 aromatic rings. The third-order valence-electron chi connectivity index (χ3n) is 6.60. The van der Waals surface area contributed by atoms with E-state index in [9.17, 15) is 8.78 Å². The van der Waals surface area contributed by atoms with E-state index in [4.69, 9.17) is 17.3 Å². The summed E-state index contributed by atoms with van der Waals surface area (Å²) in [5.41, 5.74) is 6.05. The molecular weight excluding hydrogens is 422 g/mol. The Kier molecular flexibility index (Phi) is 7.19. The molecule has 2 N–H and O–H groups in total. The van der Waals surface area contributed by atoms with Crippen molar-refractivity contribution in [1.29, 1.82) is 0 Å². The summed E-state index contributed by atoms with van der Waals surface area (Å²) in [6, 6.07) is 0.611. The van der Waals surface area contributed by atoms with Gasteiger partial charge >= 0.3 is 0 Å². The van der Waals surface area contributed by atoms with E-state index in [1.54, 1.807) is 6.20 Å². The van der Waals surface area contributed by atoms with Gasteiger partial charge in [0.15, 0.2) is 11.0 Å². The molecule has 3 saturated heterocycles. The van der Waals surface area contributed by atoms with E-state index in [1.807, 2.05) is 6.92 Å². The van der Waals surface area contributed by atoms with Gasteiger partial charge in [-0.1, -0.05) is 18.5 Å². The highest BCUT2D eigenvalue weighted by Gasteiger charge is 2.34. The van der Waals surface area contributed by atoms with E-state index in [-0.39, 0.29) is 10.7 Å². The Bertz CT molecular complexity index is 901. The normalized spacial score (nSPS) is 26.1. The van der Waals surface area contributed by atoms with E-state index in [0.29, 0.717) is 42.7 Å². The number of aromatic nitrogens is 3. The van der Waals surface area contributed by atoms with E-state index in [2.05, 4.69) is 24.8 Å². The lowest BCUT2D eigenvalue weighted by atomic mass is 9.98. The van der Waals surface area contributed by atoms with Crippen molar-refractivity contribution in [3.8, 4) is 0 Å². The molecule has 6 nitrogen and oxygen atoms in total. The summed E-state index contributed by atoms with van der Waals surface area (Å²) in [6.07, 6.45) is 7.18. The molecule has 0 aliphatic carbocycles. The van der Waals surface area contributed by atoms with Crippen molar-refractivity contribution in [2.45, 2.75) is 57.7 Å². The van der Waals surface area contributed by atoms with Crippen LogP contribution in [-0.4, -0.2) is 64.8 Å². The van der Waals surface area contributed by atoms with Crippen molar-refractivity contribution in [2.75, 3.05) is 37.6 Å². The molecular formula is C22H31ClF2N6. The molecule has 0 aromatic carbocycles. The number of nitrogens with zero attached hydrogens (tertiary/aromatic N) is 5. The van der Waals surface area contributed by atoms with Crippen molar-refractivity contribution < 1.29 is 8.78 Å². The van der Waals surface area contributed by atoms with Crippen molar-refractivity contribution >= 4 is 28.3 Å². The first-order valence-electron chi connectivity index (χ1n) is 11.3. The molecule has 0 saturated carbocycles. The fourth-order valence-corrected chi connectivity index (χ4v) is 5.08. The van der Waals surface area contributed by atoms with Crippen LogP contribution in [0.4, 0.5) is 14.6 Å². The minimum absolute atomic E-state index is 0.155. The molecule has 3 unspecified atom stereocenters. The zero-order chi connectivity index (χ0) is 22.0. The molecule has 0 spiro atoms. The molecule has 3 fully saturated rings. The number of rotatable bonds is 3. The van der Waals surface area contributed by atoms with Gasteiger partial charge in [-0.2, -0.15) is 0 Å². The number of anilines is 1. The Hall–Kier alpha value is -1.64. The quantitative estimate of drug-likeness (QED) is 0.715. The van der Waals surface area contributed by atoms with Crippen molar-refractivity contribution in [2.24, 2.45) is 11.7 Å². The monoisotopic (exact) mass is 452 g/mol. The predicted molar refractivity (Wildman–Crippen MR) is 120 cm³/mol. The van der Waals surface area contributed by atoms with Gasteiger partial charge in [0.2, 0.25) is 0 Å². The molecule has 3 atom stereocenters. The summed E-state index contributed by atoms with van der Waals surface area (Å²) in [7, 11) is 0. The van der Waals surface area contributed by atoms with Crippen LogP contribution in [-0.2, 0) is 6.42 Å². The van der Waals surface area contributed by atoms with Crippen molar-refractivity contribution in [3.63, 3.8) is 0 Å². The maximum atomic E-state index is 14.3. The molecule has 5 heterocycles. The SMILES string of the molecule is CCc1nc(N2CCCC(CN)C2)c2cnc(Cl)c(F)c2n1.FC1CC2CCCN2C1. The first kappa shape index (κ1) is 22.6. The molecule has 0 amide bonds. The molecule has 0 bridgehead atoms. The lowest BCUT2D eigenvalue weighted by molar-refractivity contribution is 0.292. The predicted octanol–water partition coefficient (Wildman–Crippen LogP) is 3.75. The first-order chi connectivity index (χ1) is 15.0. The topological polar surface area (TPSA) is 71.2 Å². The van der Waals surface area contributed by atoms with Gasteiger partial charge in [-0.15, -0.1) is 0 Å². The van der Waals surface area contributed by atoms with Gasteiger partial charge in [-0.05, 0) is 51.1 Å². The Labute approximate surface area is 187 Å². The minimum Gasteiger partial charge on any atom is -0.356 e. The van der Waals surface area contributed by atoms with Crippen molar-refractivity contribution in [3.05, 3.63) is 23.0 Å². The number of nitrogens with two attached hydrogens (primary N) is 1. The maximum absolute atomic E-state index is 14.3. The average molecular weight is 453 g/mol. The van der Waals surface area contributed by atoms with Crippen LogP contribution >= 0.6 is 11.6 Å². The van der Waals surface area contributed by atoms with Gasteiger partial charge in [0.05, 0.1) is 5.39 Å². The van der Waals surface area contributed by atoms with Crippen LogP contribution in [0.5, 0.6) is 0 Å². The maximum Gasteiger partial charge on any atom is 0.186 e. The van der Waals surface area contributed by atoms with Gasteiger partial charge in [0.25, 0.3) is 0 Å². The smallest absolute Gasteiger partial charge is 0.186 e.